The molecule has 2 N–H and O–H groups in total. The minimum atomic E-state index is -3.89. The molecule has 156 valence electrons. The van der Waals surface area contributed by atoms with Crippen LogP contribution in [-0.4, -0.2) is 31.0 Å². The van der Waals surface area contributed by atoms with E-state index in [0.29, 0.717) is 17.0 Å². The zero-order valence-electron chi connectivity index (χ0n) is 16.3. The molecule has 0 aliphatic heterocycles. The fraction of sp³-hybridized carbons (Fsp3) is 0.150. The maximum atomic E-state index is 12.8. The van der Waals surface area contributed by atoms with Crippen molar-refractivity contribution in [1.29, 1.82) is 0 Å². The highest BCUT2D eigenvalue weighted by atomic mass is 32.2. The lowest BCUT2D eigenvalue weighted by Gasteiger charge is -2.13. The van der Waals surface area contributed by atoms with Crippen LogP contribution in [0.2, 0.25) is 0 Å². The molecule has 0 radical (unpaired) electrons. The van der Waals surface area contributed by atoms with Gasteiger partial charge in [-0.05, 0) is 55.0 Å². The largest absolute Gasteiger partial charge is 0.497 e. The van der Waals surface area contributed by atoms with Crippen LogP contribution in [0.15, 0.2) is 70.6 Å². The summed E-state index contributed by atoms with van der Waals surface area (Å²) >= 11 is 0. The van der Waals surface area contributed by atoms with Crippen molar-refractivity contribution in [3.63, 3.8) is 0 Å². The second-order valence-electron chi connectivity index (χ2n) is 6.39. The number of aryl methyl sites for hydroxylation is 1. The fourth-order valence-corrected chi connectivity index (χ4v) is 4.03. The van der Waals surface area contributed by atoms with Gasteiger partial charge >= 0.3 is 5.69 Å². The number of hydrogen-bond acceptors (Lipinski definition) is 6. The normalized spacial score (nSPS) is 11.0. The van der Waals surface area contributed by atoms with Gasteiger partial charge in [0.25, 0.3) is 10.0 Å². The van der Waals surface area contributed by atoms with Crippen LogP contribution in [-0.2, 0) is 21.4 Å². The third-order valence-corrected chi connectivity index (χ3v) is 5.72. The average molecular weight is 428 g/mol. The number of carbonyl (C=O) groups excluding carboxylic acids is 1. The van der Waals surface area contributed by atoms with Crippen molar-refractivity contribution in [2.24, 2.45) is 0 Å². The molecule has 0 fully saturated rings. The predicted octanol–water partition coefficient (Wildman–Crippen LogP) is 2.00. The molecule has 0 saturated carbocycles. The number of rotatable bonds is 7. The number of nitrogens with one attached hydrogen (secondary N) is 2. The molecule has 3 rings (SSSR count). The van der Waals surface area contributed by atoms with Crippen LogP contribution in [0.1, 0.15) is 5.56 Å². The van der Waals surface area contributed by atoms with Crippen LogP contribution < -0.4 is 20.5 Å². The smallest absolute Gasteiger partial charge is 0.347 e. The Balaban J connectivity index is 1.79. The summed E-state index contributed by atoms with van der Waals surface area (Å²) in [6.07, 6.45) is 2.78. The molecule has 0 aliphatic rings. The number of nitrogens with zero attached hydrogens (tertiary/aromatic N) is 2. The Morgan fingerprint density at radius 1 is 1.13 bits per heavy atom. The third kappa shape index (κ3) is 5.03. The zero-order valence-corrected chi connectivity index (χ0v) is 17.1. The standard InChI is InChI=1S/C20H20N4O5S/c1-14-4-5-16(22-19(25)13-24-11-3-10-21-20(24)26)12-18(14)30(27,28)23-15-6-8-17(29-2)9-7-15/h3-12,23H,13H2,1-2H3,(H,22,25). The van der Waals surface area contributed by atoms with Gasteiger partial charge in [-0.15, -0.1) is 0 Å². The van der Waals surface area contributed by atoms with Crippen molar-refractivity contribution in [1.82, 2.24) is 9.55 Å². The van der Waals surface area contributed by atoms with Crippen LogP contribution in [0.4, 0.5) is 11.4 Å². The number of sulfonamides is 1. The summed E-state index contributed by atoms with van der Waals surface area (Å²) in [4.78, 5) is 27.5. The maximum Gasteiger partial charge on any atom is 0.347 e. The van der Waals surface area contributed by atoms with Crippen LogP contribution in [0.5, 0.6) is 5.75 Å². The Bertz CT molecular complexity index is 1220. The number of amides is 1. The van der Waals surface area contributed by atoms with E-state index >= 15 is 0 Å². The predicted molar refractivity (Wildman–Crippen MR) is 112 cm³/mol. The number of carbonyl (C=O) groups is 1. The summed E-state index contributed by atoms with van der Waals surface area (Å²) in [7, 11) is -2.37. The molecule has 0 saturated heterocycles. The second kappa shape index (κ2) is 8.78. The fourth-order valence-electron chi connectivity index (χ4n) is 2.70. The summed E-state index contributed by atoms with van der Waals surface area (Å²) < 4.78 is 34.4. The van der Waals surface area contributed by atoms with Crippen molar-refractivity contribution in [3.05, 3.63) is 77.0 Å². The number of anilines is 2. The quantitative estimate of drug-likeness (QED) is 0.594. The van der Waals surface area contributed by atoms with Gasteiger partial charge in [0, 0.05) is 23.8 Å². The van der Waals surface area contributed by atoms with E-state index in [1.807, 2.05) is 0 Å². The molecular weight excluding hydrogens is 408 g/mol. The molecule has 1 amide bonds. The Morgan fingerprint density at radius 3 is 2.50 bits per heavy atom. The number of methoxy groups -OCH3 is 1. The number of hydrogen-bond donors (Lipinski definition) is 2. The molecule has 10 heteroatoms. The molecular formula is C20H20N4O5S. The molecule has 1 heterocycles. The van der Waals surface area contributed by atoms with Crippen molar-refractivity contribution in [2.45, 2.75) is 18.4 Å². The first-order valence-electron chi connectivity index (χ1n) is 8.87. The first-order valence-corrected chi connectivity index (χ1v) is 10.4. The molecule has 0 bridgehead atoms. The zero-order chi connectivity index (χ0) is 21.7. The van der Waals surface area contributed by atoms with E-state index < -0.39 is 21.6 Å². The van der Waals surface area contributed by atoms with Gasteiger partial charge in [-0.3, -0.25) is 14.1 Å². The number of ether oxygens (including phenoxy) is 1. The summed E-state index contributed by atoms with van der Waals surface area (Å²) in [5, 5.41) is 2.60. The van der Waals surface area contributed by atoms with Gasteiger partial charge in [-0.25, -0.2) is 18.2 Å². The minimum absolute atomic E-state index is 0.0228. The topological polar surface area (TPSA) is 119 Å². The van der Waals surface area contributed by atoms with Gasteiger partial charge in [0.05, 0.1) is 12.0 Å². The van der Waals surface area contributed by atoms with Gasteiger partial charge in [-0.2, -0.15) is 0 Å². The number of benzene rings is 2. The lowest BCUT2D eigenvalue weighted by molar-refractivity contribution is -0.116. The van der Waals surface area contributed by atoms with Gasteiger partial charge in [0.15, 0.2) is 0 Å². The highest BCUT2D eigenvalue weighted by Crippen LogP contribution is 2.24. The van der Waals surface area contributed by atoms with Gasteiger partial charge in [0.1, 0.15) is 12.3 Å². The van der Waals surface area contributed by atoms with E-state index in [1.165, 1.54) is 31.6 Å². The van der Waals surface area contributed by atoms with E-state index in [2.05, 4.69) is 15.0 Å². The summed E-state index contributed by atoms with van der Waals surface area (Å²) in [5.74, 6) is 0.118. The van der Waals surface area contributed by atoms with E-state index in [1.54, 1.807) is 43.3 Å². The summed E-state index contributed by atoms with van der Waals surface area (Å²) in [6, 6.07) is 12.5. The Hall–Kier alpha value is -3.66. The van der Waals surface area contributed by atoms with Crippen LogP contribution in [0.3, 0.4) is 0 Å². The van der Waals surface area contributed by atoms with E-state index in [9.17, 15) is 18.0 Å². The molecule has 2 aromatic carbocycles. The maximum absolute atomic E-state index is 12.8. The monoisotopic (exact) mass is 428 g/mol. The number of aromatic nitrogens is 2. The summed E-state index contributed by atoms with van der Waals surface area (Å²) in [6.45, 7) is 1.41. The van der Waals surface area contributed by atoms with E-state index in [4.69, 9.17) is 4.74 Å². The van der Waals surface area contributed by atoms with E-state index in [-0.39, 0.29) is 17.1 Å². The SMILES string of the molecule is COc1ccc(NS(=O)(=O)c2cc(NC(=O)Cn3cccnc3=O)ccc2C)cc1. The highest BCUT2D eigenvalue weighted by molar-refractivity contribution is 7.92. The molecule has 0 spiro atoms. The van der Waals surface area contributed by atoms with Crippen LogP contribution in [0.25, 0.3) is 0 Å². The van der Waals surface area contributed by atoms with E-state index in [0.717, 1.165) is 4.57 Å². The Labute approximate surface area is 173 Å². The van der Waals surface area contributed by atoms with Gasteiger partial charge < -0.3 is 10.1 Å². The molecule has 9 nitrogen and oxygen atoms in total. The average Bonchev–Trinajstić information content (AvgIpc) is 2.71. The van der Waals surface area contributed by atoms with Crippen molar-refractivity contribution in [2.75, 3.05) is 17.1 Å². The first-order chi connectivity index (χ1) is 14.3. The van der Waals surface area contributed by atoms with Crippen molar-refractivity contribution >= 4 is 27.3 Å². The van der Waals surface area contributed by atoms with Crippen LogP contribution >= 0.6 is 0 Å². The molecule has 0 unspecified atom stereocenters. The molecule has 0 atom stereocenters. The Morgan fingerprint density at radius 2 is 1.83 bits per heavy atom. The van der Waals surface area contributed by atoms with Gasteiger partial charge in [-0.1, -0.05) is 6.07 Å². The highest BCUT2D eigenvalue weighted by Gasteiger charge is 2.18. The van der Waals surface area contributed by atoms with Crippen molar-refractivity contribution < 1.29 is 17.9 Å². The first kappa shape index (κ1) is 21.1. The molecule has 3 aromatic rings. The molecule has 1 aromatic heterocycles. The van der Waals surface area contributed by atoms with Crippen molar-refractivity contribution in [3.8, 4) is 5.75 Å². The molecule has 30 heavy (non-hydrogen) atoms. The second-order valence-corrected chi connectivity index (χ2v) is 8.04. The lowest BCUT2D eigenvalue weighted by Crippen LogP contribution is -2.28. The minimum Gasteiger partial charge on any atom is -0.497 e. The molecule has 0 aliphatic carbocycles. The Kier molecular flexibility index (Phi) is 6.17. The summed E-state index contributed by atoms with van der Waals surface area (Å²) in [5.41, 5.74) is 0.624. The van der Waals surface area contributed by atoms with Gasteiger partial charge in [0.2, 0.25) is 5.91 Å². The third-order valence-electron chi connectivity index (χ3n) is 4.20. The van der Waals surface area contributed by atoms with Crippen LogP contribution in [0, 0.1) is 6.92 Å². The lowest BCUT2D eigenvalue weighted by atomic mass is 10.2.